The second-order valence-corrected chi connectivity index (χ2v) is 1.82. The zero-order valence-electron chi connectivity index (χ0n) is 5.62. The van der Waals surface area contributed by atoms with E-state index < -0.39 is 0 Å². The fraction of sp³-hybridized carbons (Fsp3) is 0. The minimum absolute atomic E-state index is 0.822. The Morgan fingerprint density at radius 2 is 2.40 bits per heavy atom. The van der Waals surface area contributed by atoms with Crippen LogP contribution in [-0.2, 0) is 0 Å². The molecule has 0 saturated heterocycles. The number of aromatic nitrogens is 2. The first-order valence-corrected chi connectivity index (χ1v) is 2.92. The van der Waals surface area contributed by atoms with Crippen LogP contribution in [0.15, 0.2) is 37.8 Å². The van der Waals surface area contributed by atoms with Gasteiger partial charge in [0.05, 0.1) is 5.69 Å². The quantitative estimate of drug-likeness (QED) is 0.572. The van der Waals surface area contributed by atoms with Gasteiger partial charge in [-0.05, 0) is 11.6 Å². The molecule has 1 aromatic rings. The molecule has 0 radical (unpaired) electrons. The Kier molecular flexibility index (Phi) is 1.95. The van der Waals surface area contributed by atoms with E-state index in [1.54, 1.807) is 18.3 Å². The van der Waals surface area contributed by atoms with Gasteiger partial charge in [0, 0.05) is 6.20 Å². The van der Waals surface area contributed by atoms with E-state index in [0.29, 0.717) is 0 Å². The Labute approximate surface area is 60.0 Å². The molecule has 0 saturated carbocycles. The van der Waals surface area contributed by atoms with Gasteiger partial charge in [0.15, 0.2) is 0 Å². The fourth-order valence-corrected chi connectivity index (χ4v) is 0.585. The average molecular weight is 132 g/mol. The molecule has 0 aromatic carbocycles. The number of hydrogen-bond donors (Lipinski definition) is 0. The molecule has 0 aliphatic heterocycles. The van der Waals surface area contributed by atoms with E-state index in [4.69, 9.17) is 0 Å². The number of allylic oxidation sites excluding steroid dienone is 2. The highest BCUT2D eigenvalue weighted by Gasteiger charge is 1.91. The molecule has 0 bridgehead atoms. The Bertz CT molecular complexity index is 239. The van der Waals surface area contributed by atoms with Crippen LogP contribution in [0.4, 0.5) is 0 Å². The van der Waals surface area contributed by atoms with Gasteiger partial charge < -0.3 is 0 Å². The number of rotatable bonds is 2. The molecule has 1 rings (SSSR count). The highest BCUT2D eigenvalue weighted by Crippen LogP contribution is 2.06. The lowest BCUT2D eigenvalue weighted by Crippen LogP contribution is -1.84. The second-order valence-electron chi connectivity index (χ2n) is 1.82. The molecule has 0 aliphatic carbocycles. The van der Waals surface area contributed by atoms with E-state index in [2.05, 4.69) is 23.1 Å². The Morgan fingerprint density at radius 1 is 1.60 bits per heavy atom. The summed E-state index contributed by atoms with van der Waals surface area (Å²) in [5, 5.41) is 0. The number of hydrogen-bond acceptors (Lipinski definition) is 2. The van der Waals surface area contributed by atoms with Gasteiger partial charge in [-0.25, -0.2) is 9.97 Å². The van der Waals surface area contributed by atoms with E-state index in [9.17, 15) is 0 Å². The molecule has 50 valence electrons. The summed E-state index contributed by atoms with van der Waals surface area (Å²) in [4.78, 5) is 7.74. The van der Waals surface area contributed by atoms with Crippen molar-refractivity contribution in [3.63, 3.8) is 0 Å². The largest absolute Gasteiger partial charge is 0.245 e. The zero-order chi connectivity index (χ0) is 7.40. The third-order valence-corrected chi connectivity index (χ3v) is 1.16. The highest BCUT2D eigenvalue weighted by atomic mass is 14.8. The van der Waals surface area contributed by atoms with Crippen LogP contribution in [0.5, 0.6) is 0 Å². The van der Waals surface area contributed by atoms with Gasteiger partial charge in [0.25, 0.3) is 0 Å². The first-order valence-electron chi connectivity index (χ1n) is 2.92. The van der Waals surface area contributed by atoms with Crippen LogP contribution in [0, 0.1) is 0 Å². The van der Waals surface area contributed by atoms with Crippen molar-refractivity contribution in [3.8, 4) is 0 Å². The average Bonchev–Trinajstić information content (AvgIpc) is 2.05. The van der Waals surface area contributed by atoms with E-state index in [1.165, 1.54) is 6.33 Å². The molecule has 10 heavy (non-hydrogen) atoms. The summed E-state index contributed by atoms with van der Waals surface area (Å²) in [5.41, 5.74) is 1.65. The Balaban J connectivity index is 2.95. The van der Waals surface area contributed by atoms with Crippen molar-refractivity contribution in [1.82, 2.24) is 9.97 Å². The van der Waals surface area contributed by atoms with Gasteiger partial charge in [-0.15, -0.1) is 0 Å². The molecule has 2 nitrogen and oxygen atoms in total. The molecular formula is C8H8N2. The van der Waals surface area contributed by atoms with Crippen LogP contribution in [-0.4, -0.2) is 9.97 Å². The maximum atomic E-state index is 3.97. The third kappa shape index (κ3) is 1.29. The molecule has 0 unspecified atom stereocenters. The van der Waals surface area contributed by atoms with Gasteiger partial charge >= 0.3 is 0 Å². The van der Waals surface area contributed by atoms with Gasteiger partial charge in [0.1, 0.15) is 6.33 Å². The van der Waals surface area contributed by atoms with E-state index in [-0.39, 0.29) is 0 Å². The van der Waals surface area contributed by atoms with Crippen LogP contribution in [0.1, 0.15) is 5.69 Å². The molecule has 0 spiro atoms. The SMILES string of the molecule is C=CC(=C)c1ccncn1. The summed E-state index contributed by atoms with van der Waals surface area (Å²) in [6.45, 7) is 7.31. The van der Waals surface area contributed by atoms with E-state index >= 15 is 0 Å². The van der Waals surface area contributed by atoms with Crippen molar-refractivity contribution >= 4 is 5.57 Å². The van der Waals surface area contributed by atoms with E-state index in [0.717, 1.165) is 11.3 Å². The minimum Gasteiger partial charge on any atom is -0.245 e. The van der Waals surface area contributed by atoms with Crippen LogP contribution in [0.3, 0.4) is 0 Å². The molecule has 0 fully saturated rings. The lowest BCUT2D eigenvalue weighted by atomic mass is 10.2. The van der Waals surface area contributed by atoms with Gasteiger partial charge in [-0.1, -0.05) is 19.2 Å². The van der Waals surface area contributed by atoms with Crippen molar-refractivity contribution < 1.29 is 0 Å². The van der Waals surface area contributed by atoms with Crippen molar-refractivity contribution in [2.75, 3.05) is 0 Å². The summed E-state index contributed by atoms with van der Waals surface area (Å²) in [6, 6.07) is 1.80. The van der Waals surface area contributed by atoms with Gasteiger partial charge in [-0.3, -0.25) is 0 Å². The van der Waals surface area contributed by atoms with Crippen molar-refractivity contribution in [1.29, 1.82) is 0 Å². The smallest absolute Gasteiger partial charge is 0.116 e. The van der Waals surface area contributed by atoms with Crippen LogP contribution >= 0.6 is 0 Å². The Morgan fingerprint density at radius 3 is 2.90 bits per heavy atom. The molecule has 2 heteroatoms. The topological polar surface area (TPSA) is 25.8 Å². The van der Waals surface area contributed by atoms with Crippen molar-refractivity contribution in [2.24, 2.45) is 0 Å². The summed E-state index contributed by atoms with van der Waals surface area (Å²) < 4.78 is 0. The van der Waals surface area contributed by atoms with E-state index in [1.807, 2.05) is 0 Å². The summed E-state index contributed by atoms with van der Waals surface area (Å²) in [5.74, 6) is 0. The third-order valence-electron chi connectivity index (χ3n) is 1.16. The Hall–Kier alpha value is -1.44. The summed E-state index contributed by atoms with van der Waals surface area (Å²) >= 11 is 0. The molecule has 0 atom stereocenters. The summed E-state index contributed by atoms with van der Waals surface area (Å²) in [7, 11) is 0. The maximum Gasteiger partial charge on any atom is 0.116 e. The standard InChI is InChI=1S/C8H8N2/c1-3-7(2)8-4-5-9-6-10-8/h3-6H,1-2H2. The molecule has 1 aromatic heterocycles. The predicted molar refractivity (Wildman–Crippen MR) is 41.3 cm³/mol. The molecule has 1 heterocycles. The second kappa shape index (κ2) is 2.92. The highest BCUT2D eigenvalue weighted by molar-refractivity contribution is 5.68. The van der Waals surface area contributed by atoms with Crippen LogP contribution < -0.4 is 0 Å². The first-order chi connectivity index (χ1) is 4.84. The van der Waals surface area contributed by atoms with Crippen LogP contribution in [0.2, 0.25) is 0 Å². The predicted octanol–water partition coefficient (Wildman–Crippen LogP) is 1.68. The molecular weight excluding hydrogens is 124 g/mol. The number of nitrogens with zero attached hydrogens (tertiary/aromatic N) is 2. The maximum absolute atomic E-state index is 3.97. The zero-order valence-corrected chi connectivity index (χ0v) is 5.62. The van der Waals surface area contributed by atoms with Crippen molar-refractivity contribution in [2.45, 2.75) is 0 Å². The molecule has 0 aliphatic rings. The monoisotopic (exact) mass is 132 g/mol. The van der Waals surface area contributed by atoms with Crippen LogP contribution in [0.25, 0.3) is 5.57 Å². The van der Waals surface area contributed by atoms with Gasteiger partial charge in [-0.2, -0.15) is 0 Å². The minimum atomic E-state index is 0.822. The first kappa shape index (κ1) is 6.68. The fourth-order valence-electron chi connectivity index (χ4n) is 0.585. The van der Waals surface area contributed by atoms with Crippen molar-refractivity contribution in [3.05, 3.63) is 43.5 Å². The molecule has 0 N–H and O–H groups in total. The molecule has 0 amide bonds. The van der Waals surface area contributed by atoms with Gasteiger partial charge in [0.2, 0.25) is 0 Å². The summed E-state index contributed by atoms with van der Waals surface area (Å²) in [6.07, 6.45) is 4.84. The lowest BCUT2D eigenvalue weighted by Gasteiger charge is -1.94. The lowest BCUT2D eigenvalue weighted by molar-refractivity contribution is 1.15. The normalized spacial score (nSPS) is 8.80.